The van der Waals surface area contributed by atoms with E-state index in [-0.39, 0.29) is 11.1 Å². The molecular weight excluding hydrogens is 558 g/mol. The van der Waals surface area contributed by atoms with E-state index in [0.29, 0.717) is 35.2 Å². The van der Waals surface area contributed by atoms with E-state index in [4.69, 9.17) is 15.2 Å². The minimum atomic E-state index is -3.37. The molecule has 0 aliphatic carbocycles. The van der Waals surface area contributed by atoms with Crippen molar-refractivity contribution in [3.8, 4) is 17.2 Å². The molecule has 0 fully saturated rings. The maximum atomic E-state index is 11.3. The van der Waals surface area contributed by atoms with Crippen LogP contribution in [0.1, 0.15) is 42.5 Å². The number of aryl methyl sites for hydroxylation is 1. The largest absolute Gasteiger partial charge is 0.492 e. The van der Waals surface area contributed by atoms with E-state index in [1.807, 2.05) is 64.0 Å². The number of carboxylic acid groups (broad SMARTS) is 1. The Kier molecular flexibility index (Phi) is 9.75. The van der Waals surface area contributed by atoms with Gasteiger partial charge in [-0.05, 0) is 55.4 Å². The Morgan fingerprint density at radius 1 is 1.14 bits per heavy atom. The first-order chi connectivity index (χ1) is 19.5. The first-order valence-corrected chi connectivity index (χ1v) is 14.9. The number of anilines is 2. The monoisotopic (exact) mass is 597 g/mol. The molecule has 0 spiro atoms. The van der Waals surface area contributed by atoms with E-state index in [1.54, 1.807) is 42.1 Å². The smallest absolute Gasteiger partial charge is 0.352 e. The van der Waals surface area contributed by atoms with Crippen molar-refractivity contribution in [3.63, 3.8) is 0 Å². The molecule has 226 valence electrons. The molecule has 0 aliphatic rings. The van der Waals surface area contributed by atoms with Crippen LogP contribution in [0.2, 0.25) is 0 Å². The van der Waals surface area contributed by atoms with Crippen LogP contribution in [0.25, 0.3) is 10.9 Å². The highest BCUT2D eigenvalue weighted by Gasteiger charge is 2.20. The molecule has 4 aromatic rings. The number of aromatic nitrogens is 2. The van der Waals surface area contributed by atoms with E-state index >= 15 is 0 Å². The van der Waals surface area contributed by atoms with Crippen LogP contribution in [0.5, 0.6) is 17.2 Å². The SMILES string of the molecule is CN(C)Cc1cc(Oc2cccc3cc(C(=O)O)n(C)c23)ccn1.COc1c(N)cc(C(C)(C)C)cc1NS(C)(=O)=O. The van der Waals surface area contributed by atoms with Crippen LogP contribution in [0.4, 0.5) is 11.4 Å². The number of sulfonamides is 1. The number of carboxylic acids is 1. The van der Waals surface area contributed by atoms with E-state index < -0.39 is 16.0 Å². The van der Waals surface area contributed by atoms with E-state index in [1.165, 1.54) is 7.11 Å². The molecule has 0 radical (unpaired) electrons. The fourth-order valence-corrected chi connectivity index (χ4v) is 4.86. The van der Waals surface area contributed by atoms with Crippen LogP contribution < -0.4 is 19.9 Å². The zero-order valence-corrected chi connectivity index (χ0v) is 26.0. The molecule has 0 saturated carbocycles. The van der Waals surface area contributed by atoms with E-state index in [2.05, 4.69) is 9.71 Å². The quantitative estimate of drug-likeness (QED) is 0.237. The number of nitrogens with two attached hydrogens (primary N) is 1. The van der Waals surface area contributed by atoms with Gasteiger partial charge in [0.2, 0.25) is 10.0 Å². The molecule has 12 heteroatoms. The lowest BCUT2D eigenvalue weighted by atomic mass is 9.86. The summed E-state index contributed by atoms with van der Waals surface area (Å²) < 4.78 is 37.9. The Morgan fingerprint density at radius 3 is 2.40 bits per heavy atom. The van der Waals surface area contributed by atoms with Gasteiger partial charge in [-0.25, -0.2) is 13.2 Å². The summed E-state index contributed by atoms with van der Waals surface area (Å²) in [5.74, 6) is 0.669. The van der Waals surface area contributed by atoms with Crippen molar-refractivity contribution < 1.29 is 27.8 Å². The fraction of sp³-hybridized carbons (Fsp3) is 0.333. The molecular formula is C30H39N5O6S. The Labute approximate surface area is 246 Å². The number of ether oxygens (including phenoxy) is 2. The lowest BCUT2D eigenvalue weighted by Crippen LogP contribution is -2.15. The number of methoxy groups -OCH3 is 1. The standard InChI is InChI=1S/C18H19N3O3.C12H20N2O3S/c1-20(2)11-13-10-14(7-8-19-13)24-16-6-4-5-12-9-15(18(22)23)21(3)17(12)16;1-12(2,3)8-6-9(13)11(17-4)10(7-8)14-18(5,15)16/h4-10H,11H2,1-3H3,(H,22,23);6-7,14H,13H2,1-5H3. The Bertz CT molecular complexity index is 1690. The Balaban J connectivity index is 0.000000241. The molecule has 2 heterocycles. The molecule has 4 N–H and O–H groups in total. The number of nitrogens with one attached hydrogen (secondary N) is 1. The van der Waals surface area contributed by atoms with Crippen LogP contribution in [-0.2, 0) is 29.0 Å². The maximum Gasteiger partial charge on any atom is 0.352 e. The predicted octanol–water partition coefficient (Wildman–Crippen LogP) is 5.07. The molecule has 0 saturated heterocycles. The number of nitrogens with zero attached hydrogens (tertiary/aromatic N) is 3. The van der Waals surface area contributed by atoms with Crippen LogP contribution in [0.3, 0.4) is 0 Å². The number of hydrogen-bond acceptors (Lipinski definition) is 8. The number of hydrogen-bond donors (Lipinski definition) is 3. The van der Waals surface area contributed by atoms with Gasteiger partial charge < -0.3 is 29.8 Å². The summed E-state index contributed by atoms with van der Waals surface area (Å²) in [5, 5.41) is 10.1. The molecule has 0 unspecified atom stereocenters. The van der Waals surface area contributed by atoms with Gasteiger partial charge in [0.15, 0.2) is 11.5 Å². The van der Waals surface area contributed by atoms with Crippen molar-refractivity contribution in [2.24, 2.45) is 7.05 Å². The maximum absolute atomic E-state index is 11.3. The number of benzene rings is 2. The average molecular weight is 598 g/mol. The van der Waals surface area contributed by atoms with Gasteiger partial charge in [0, 0.05) is 31.2 Å². The highest BCUT2D eigenvalue weighted by molar-refractivity contribution is 7.92. The van der Waals surface area contributed by atoms with Crippen LogP contribution in [0.15, 0.2) is 54.7 Å². The Morgan fingerprint density at radius 2 is 1.83 bits per heavy atom. The van der Waals surface area contributed by atoms with Gasteiger partial charge in [0.25, 0.3) is 0 Å². The van der Waals surface area contributed by atoms with E-state index in [0.717, 1.165) is 28.4 Å². The van der Waals surface area contributed by atoms with Gasteiger partial charge in [-0.2, -0.15) is 0 Å². The molecule has 2 aromatic carbocycles. The van der Waals surface area contributed by atoms with Crippen LogP contribution in [-0.4, -0.2) is 61.4 Å². The number of carbonyl (C=O) groups is 1. The molecule has 0 amide bonds. The molecule has 4 rings (SSSR count). The third-order valence-electron chi connectivity index (χ3n) is 6.22. The van der Waals surface area contributed by atoms with Gasteiger partial charge in [-0.15, -0.1) is 0 Å². The summed E-state index contributed by atoms with van der Waals surface area (Å²) in [4.78, 5) is 17.7. The van der Waals surface area contributed by atoms with Gasteiger partial charge in [-0.1, -0.05) is 32.9 Å². The van der Waals surface area contributed by atoms with Gasteiger partial charge >= 0.3 is 5.97 Å². The van der Waals surface area contributed by atoms with Gasteiger partial charge in [0.05, 0.1) is 36.0 Å². The second kappa shape index (κ2) is 12.7. The predicted molar refractivity (Wildman–Crippen MR) is 166 cm³/mol. The summed E-state index contributed by atoms with van der Waals surface area (Å²) in [6, 6.07) is 14.4. The number of aromatic carboxylic acids is 1. The third kappa shape index (κ3) is 8.14. The highest BCUT2D eigenvalue weighted by atomic mass is 32.2. The zero-order chi connectivity index (χ0) is 31.4. The second-order valence-electron chi connectivity index (χ2n) is 11.2. The molecule has 0 atom stereocenters. The summed E-state index contributed by atoms with van der Waals surface area (Å²) in [6.07, 6.45) is 2.80. The first-order valence-electron chi connectivity index (χ1n) is 13.0. The minimum absolute atomic E-state index is 0.131. The lowest BCUT2D eigenvalue weighted by molar-refractivity contribution is 0.0687. The number of pyridine rings is 1. The van der Waals surface area contributed by atoms with Crippen LogP contribution in [0, 0.1) is 0 Å². The molecule has 0 aliphatic heterocycles. The van der Waals surface area contributed by atoms with Crippen LogP contribution >= 0.6 is 0 Å². The number of rotatable bonds is 8. The van der Waals surface area contributed by atoms with Crippen molar-refractivity contribution >= 4 is 38.3 Å². The summed E-state index contributed by atoms with van der Waals surface area (Å²) >= 11 is 0. The number of fused-ring (bicyclic) bond motifs is 1. The lowest BCUT2D eigenvalue weighted by Gasteiger charge is -2.22. The topological polar surface area (TPSA) is 149 Å². The molecule has 0 bridgehead atoms. The normalized spacial score (nSPS) is 11.6. The summed E-state index contributed by atoms with van der Waals surface area (Å²) in [6.45, 7) is 6.80. The first kappa shape index (κ1) is 32.2. The zero-order valence-electron chi connectivity index (χ0n) is 25.2. The van der Waals surface area contributed by atoms with Gasteiger partial charge in [-0.3, -0.25) is 9.71 Å². The van der Waals surface area contributed by atoms with Crippen molar-refractivity contribution in [1.82, 2.24) is 14.5 Å². The molecule has 42 heavy (non-hydrogen) atoms. The highest BCUT2D eigenvalue weighted by Crippen LogP contribution is 2.37. The minimum Gasteiger partial charge on any atom is -0.492 e. The molecule has 11 nitrogen and oxygen atoms in total. The fourth-order valence-electron chi connectivity index (χ4n) is 4.31. The average Bonchev–Trinajstić information content (AvgIpc) is 3.20. The summed E-state index contributed by atoms with van der Waals surface area (Å²) in [7, 11) is 3.76. The summed E-state index contributed by atoms with van der Waals surface area (Å²) in [5.41, 5.74) is 9.36. The molecule has 2 aromatic heterocycles. The number of para-hydroxylation sites is 1. The van der Waals surface area contributed by atoms with Gasteiger partial charge in [0.1, 0.15) is 11.4 Å². The van der Waals surface area contributed by atoms with Crippen molar-refractivity contribution in [3.05, 3.63) is 71.7 Å². The van der Waals surface area contributed by atoms with Crippen molar-refractivity contribution in [2.75, 3.05) is 37.9 Å². The Hall–Kier alpha value is -4.29. The van der Waals surface area contributed by atoms with E-state index in [9.17, 15) is 18.3 Å². The van der Waals surface area contributed by atoms with Crippen molar-refractivity contribution in [2.45, 2.75) is 32.7 Å². The third-order valence-corrected chi connectivity index (χ3v) is 6.81. The van der Waals surface area contributed by atoms with Crippen molar-refractivity contribution in [1.29, 1.82) is 0 Å². The number of nitrogen functional groups attached to an aromatic ring is 1. The second-order valence-corrected chi connectivity index (χ2v) is 12.9.